The third-order valence-electron chi connectivity index (χ3n) is 3.83. The van der Waals surface area contributed by atoms with Crippen LogP contribution in [0.15, 0.2) is 12.1 Å². The third kappa shape index (κ3) is 3.10. The van der Waals surface area contributed by atoms with Crippen LogP contribution in [0.25, 0.3) is 0 Å². The smallest absolute Gasteiger partial charge is 0.321 e. The summed E-state index contributed by atoms with van der Waals surface area (Å²) in [5.74, 6) is 0. The van der Waals surface area contributed by atoms with Crippen LogP contribution in [0, 0.1) is 20.8 Å². The summed E-state index contributed by atoms with van der Waals surface area (Å²) in [5, 5.41) is 2.96. The summed E-state index contributed by atoms with van der Waals surface area (Å²) in [6, 6.07) is 3.99. The number of hydrogen-bond donors (Lipinski definition) is 1. The number of urea groups is 1. The Morgan fingerprint density at radius 1 is 1.05 bits per heavy atom. The van der Waals surface area contributed by atoms with E-state index in [9.17, 15) is 9.59 Å². The molecule has 1 aliphatic rings. The minimum atomic E-state index is -0.0955. The van der Waals surface area contributed by atoms with Crippen molar-refractivity contribution in [1.82, 2.24) is 9.80 Å². The highest BCUT2D eigenvalue weighted by atomic mass is 16.2. The summed E-state index contributed by atoms with van der Waals surface area (Å²) in [6.07, 6.45) is 0.836. The van der Waals surface area contributed by atoms with Crippen molar-refractivity contribution in [3.63, 3.8) is 0 Å². The van der Waals surface area contributed by atoms with Gasteiger partial charge in [0.25, 0.3) is 0 Å². The molecule has 1 N–H and O–H groups in total. The molecule has 0 radical (unpaired) electrons. The molecule has 1 saturated heterocycles. The fourth-order valence-corrected chi connectivity index (χ4v) is 2.32. The number of rotatable bonds is 2. The number of piperazine rings is 1. The molecular weight excluding hydrogens is 254 g/mol. The normalized spacial score (nSPS) is 15.2. The molecule has 20 heavy (non-hydrogen) atoms. The Bertz CT molecular complexity index is 520. The van der Waals surface area contributed by atoms with Crippen LogP contribution in [-0.4, -0.2) is 48.4 Å². The number of carbonyl (C=O) groups excluding carboxylic acids is 2. The second-order valence-electron chi connectivity index (χ2n) is 5.31. The molecule has 1 heterocycles. The summed E-state index contributed by atoms with van der Waals surface area (Å²) >= 11 is 0. The van der Waals surface area contributed by atoms with Crippen molar-refractivity contribution in [2.75, 3.05) is 31.5 Å². The summed E-state index contributed by atoms with van der Waals surface area (Å²) in [6.45, 7) is 8.45. The number of carbonyl (C=O) groups is 2. The highest BCUT2D eigenvalue weighted by Crippen LogP contribution is 2.20. The van der Waals surface area contributed by atoms with Gasteiger partial charge in [0.1, 0.15) is 0 Å². The minimum absolute atomic E-state index is 0.0955. The van der Waals surface area contributed by atoms with E-state index in [4.69, 9.17) is 0 Å². The molecule has 0 atom stereocenters. The van der Waals surface area contributed by atoms with Crippen molar-refractivity contribution in [2.45, 2.75) is 20.8 Å². The summed E-state index contributed by atoms with van der Waals surface area (Å²) < 4.78 is 0. The minimum Gasteiger partial charge on any atom is -0.342 e. The molecule has 0 spiro atoms. The maximum atomic E-state index is 12.2. The number of anilines is 1. The van der Waals surface area contributed by atoms with Gasteiger partial charge in [0, 0.05) is 31.9 Å². The molecule has 0 aliphatic carbocycles. The second-order valence-corrected chi connectivity index (χ2v) is 5.31. The second kappa shape index (κ2) is 5.94. The molecule has 0 bridgehead atoms. The Balaban J connectivity index is 2.02. The average molecular weight is 275 g/mol. The Morgan fingerprint density at radius 3 is 2.25 bits per heavy atom. The lowest BCUT2D eigenvalue weighted by molar-refractivity contribution is -0.119. The number of aryl methyl sites for hydroxylation is 3. The van der Waals surface area contributed by atoms with Gasteiger partial charge in [-0.2, -0.15) is 0 Å². The van der Waals surface area contributed by atoms with Crippen molar-refractivity contribution < 1.29 is 9.59 Å². The number of benzene rings is 1. The molecule has 1 aromatic rings. The number of hydrogen-bond acceptors (Lipinski definition) is 2. The zero-order valence-corrected chi connectivity index (χ0v) is 12.3. The molecule has 1 fully saturated rings. The van der Waals surface area contributed by atoms with Crippen molar-refractivity contribution in [3.05, 3.63) is 28.8 Å². The van der Waals surface area contributed by atoms with Crippen LogP contribution in [0.2, 0.25) is 0 Å². The molecule has 108 valence electrons. The molecule has 0 saturated carbocycles. The standard InChI is InChI=1S/C15H21N3O2/c1-11-8-13(3)14(9-12(11)2)16-15(20)18-6-4-17(10-19)5-7-18/h8-10H,4-7H2,1-3H3,(H,16,20). The van der Waals surface area contributed by atoms with E-state index >= 15 is 0 Å². The van der Waals surface area contributed by atoms with Gasteiger partial charge in [-0.1, -0.05) is 6.07 Å². The lowest BCUT2D eigenvalue weighted by Crippen LogP contribution is -2.49. The van der Waals surface area contributed by atoms with Gasteiger partial charge in [0.2, 0.25) is 6.41 Å². The monoisotopic (exact) mass is 275 g/mol. The largest absolute Gasteiger partial charge is 0.342 e. The first-order valence-corrected chi connectivity index (χ1v) is 6.84. The predicted octanol–water partition coefficient (Wildman–Crippen LogP) is 1.92. The first kappa shape index (κ1) is 14.4. The molecule has 0 aromatic heterocycles. The van der Waals surface area contributed by atoms with Crippen LogP contribution < -0.4 is 5.32 Å². The molecule has 1 aliphatic heterocycles. The first-order chi connectivity index (χ1) is 9.51. The van der Waals surface area contributed by atoms with E-state index in [-0.39, 0.29) is 6.03 Å². The number of nitrogens with zero attached hydrogens (tertiary/aromatic N) is 2. The van der Waals surface area contributed by atoms with Crippen LogP contribution in [0.1, 0.15) is 16.7 Å². The summed E-state index contributed by atoms with van der Waals surface area (Å²) in [4.78, 5) is 26.3. The zero-order chi connectivity index (χ0) is 14.7. The van der Waals surface area contributed by atoms with Crippen LogP contribution in [-0.2, 0) is 4.79 Å². The van der Waals surface area contributed by atoms with E-state index in [0.717, 1.165) is 23.2 Å². The van der Waals surface area contributed by atoms with E-state index in [1.165, 1.54) is 5.56 Å². The van der Waals surface area contributed by atoms with Crippen LogP contribution in [0.4, 0.5) is 10.5 Å². The van der Waals surface area contributed by atoms with E-state index < -0.39 is 0 Å². The fourth-order valence-electron chi connectivity index (χ4n) is 2.32. The molecule has 5 nitrogen and oxygen atoms in total. The lowest BCUT2D eigenvalue weighted by atomic mass is 10.1. The van der Waals surface area contributed by atoms with Gasteiger partial charge in [0.15, 0.2) is 0 Å². The maximum absolute atomic E-state index is 12.2. The average Bonchev–Trinajstić information content (AvgIpc) is 2.44. The molecule has 3 amide bonds. The highest BCUT2D eigenvalue weighted by molar-refractivity contribution is 5.90. The van der Waals surface area contributed by atoms with Gasteiger partial charge >= 0.3 is 6.03 Å². The van der Waals surface area contributed by atoms with Gasteiger partial charge in [-0.15, -0.1) is 0 Å². The fraction of sp³-hybridized carbons (Fsp3) is 0.467. The number of nitrogens with one attached hydrogen (secondary N) is 1. The molecule has 5 heteroatoms. The van der Waals surface area contributed by atoms with Crippen LogP contribution >= 0.6 is 0 Å². The third-order valence-corrected chi connectivity index (χ3v) is 3.83. The van der Waals surface area contributed by atoms with Gasteiger partial charge in [-0.3, -0.25) is 4.79 Å². The van der Waals surface area contributed by atoms with E-state index in [0.29, 0.717) is 26.2 Å². The van der Waals surface area contributed by atoms with E-state index in [2.05, 4.69) is 18.3 Å². The Morgan fingerprint density at radius 2 is 1.65 bits per heavy atom. The van der Waals surface area contributed by atoms with Crippen molar-refractivity contribution in [3.8, 4) is 0 Å². The van der Waals surface area contributed by atoms with Crippen molar-refractivity contribution in [1.29, 1.82) is 0 Å². The first-order valence-electron chi connectivity index (χ1n) is 6.84. The van der Waals surface area contributed by atoms with Crippen LogP contribution in [0.3, 0.4) is 0 Å². The van der Waals surface area contributed by atoms with Crippen LogP contribution in [0.5, 0.6) is 0 Å². The van der Waals surface area contributed by atoms with Gasteiger partial charge < -0.3 is 15.1 Å². The lowest BCUT2D eigenvalue weighted by Gasteiger charge is -2.32. The molecule has 0 unspecified atom stereocenters. The number of amides is 3. The topological polar surface area (TPSA) is 52.7 Å². The van der Waals surface area contributed by atoms with E-state index in [1.54, 1.807) is 9.80 Å². The van der Waals surface area contributed by atoms with Crippen molar-refractivity contribution >= 4 is 18.1 Å². The highest BCUT2D eigenvalue weighted by Gasteiger charge is 2.20. The summed E-state index contributed by atoms with van der Waals surface area (Å²) in [5.41, 5.74) is 4.31. The summed E-state index contributed by atoms with van der Waals surface area (Å²) in [7, 11) is 0. The quantitative estimate of drug-likeness (QED) is 0.838. The maximum Gasteiger partial charge on any atom is 0.321 e. The molecular formula is C15H21N3O2. The molecule has 2 rings (SSSR count). The Labute approximate surface area is 119 Å². The molecule has 1 aromatic carbocycles. The van der Waals surface area contributed by atoms with Gasteiger partial charge in [-0.05, 0) is 43.5 Å². The predicted molar refractivity (Wildman–Crippen MR) is 78.9 cm³/mol. The van der Waals surface area contributed by atoms with E-state index in [1.807, 2.05) is 19.9 Å². The van der Waals surface area contributed by atoms with Gasteiger partial charge in [-0.25, -0.2) is 4.79 Å². The Kier molecular flexibility index (Phi) is 4.27. The van der Waals surface area contributed by atoms with Gasteiger partial charge in [0.05, 0.1) is 0 Å². The SMILES string of the molecule is Cc1cc(C)c(NC(=O)N2CCN(C=O)CC2)cc1C. The zero-order valence-electron chi connectivity index (χ0n) is 12.3. The van der Waals surface area contributed by atoms with Crippen molar-refractivity contribution in [2.24, 2.45) is 0 Å². The Hall–Kier alpha value is -2.04.